The number of pyridine rings is 1. The number of rotatable bonds is 10. The number of nitrogens with one attached hydrogen (secondary N) is 2. The van der Waals surface area contributed by atoms with E-state index in [1.807, 2.05) is 44.2 Å². The van der Waals surface area contributed by atoms with E-state index in [2.05, 4.69) is 22.2 Å². The number of hydrogen-bond acceptors (Lipinski definition) is 6. The van der Waals surface area contributed by atoms with Gasteiger partial charge in [0.05, 0.1) is 23.9 Å². The number of nitrogens with zero attached hydrogens (tertiary/aromatic N) is 2. The summed E-state index contributed by atoms with van der Waals surface area (Å²) in [6, 6.07) is 7.11. The summed E-state index contributed by atoms with van der Waals surface area (Å²) in [5.41, 5.74) is 1.15. The third kappa shape index (κ3) is 5.59. The van der Waals surface area contributed by atoms with Crippen molar-refractivity contribution < 1.29 is 24.3 Å². The van der Waals surface area contributed by atoms with Gasteiger partial charge in [-0.3, -0.25) is 19.4 Å². The first-order valence-electron chi connectivity index (χ1n) is 11.3. The normalized spacial score (nSPS) is 17.3. The quantitative estimate of drug-likeness (QED) is 0.457. The van der Waals surface area contributed by atoms with Gasteiger partial charge >= 0.3 is 5.97 Å². The molecule has 9 heteroatoms. The number of amides is 2. The Morgan fingerprint density at radius 2 is 1.97 bits per heavy atom. The highest BCUT2D eigenvalue weighted by Gasteiger charge is 2.39. The van der Waals surface area contributed by atoms with Crippen LogP contribution in [0.1, 0.15) is 38.8 Å². The van der Waals surface area contributed by atoms with Gasteiger partial charge in [-0.05, 0) is 30.2 Å². The van der Waals surface area contributed by atoms with Gasteiger partial charge in [-0.25, -0.2) is 0 Å². The Morgan fingerprint density at radius 3 is 2.65 bits per heavy atom. The Bertz CT molecular complexity index is 1090. The smallest absolute Gasteiger partial charge is 0.305 e. The molecule has 1 saturated heterocycles. The van der Waals surface area contributed by atoms with Crippen LogP contribution in [-0.4, -0.2) is 63.7 Å². The molecule has 2 heterocycles. The van der Waals surface area contributed by atoms with Crippen molar-refractivity contribution in [1.82, 2.24) is 20.5 Å². The highest BCUT2D eigenvalue weighted by atomic mass is 16.4. The molecular weight excluding hydrogens is 436 g/mol. The van der Waals surface area contributed by atoms with Gasteiger partial charge in [-0.1, -0.05) is 44.7 Å². The molecule has 3 N–H and O–H groups in total. The van der Waals surface area contributed by atoms with E-state index < -0.39 is 36.4 Å². The maximum atomic E-state index is 13.5. The monoisotopic (exact) mass is 466 g/mol. The van der Waals surface area contributed by atoms with Crippen LogP contribution in [0, 0.1) is 5.92 Å². The molecule has 180 valence electrons. The van der Waals surface area contributed by atoms with Gasteiger partial charge in [-0.2, -0.15) is 0 Å². The zero-order valence-electron chi connectivity index (χ0n) is 19.4. The summed E-state index contributed by atoms with van der Waals surface area (Å²) in [6.07, 6.45) is 2.65. The summed E-state index contributed by atoms with van der Waals surface area (Å²) in [4.78, 5) is 54.3. The Morgan fingerprint density at radius 1 is 1.24 bits per heavy atom. The number of aldehydes is 1. The fourth-order valence-corrected chi connectivity index (χ4v) is 4.21. The molecule has 0 spiro atoms. The zero-order valence-corrected chi connectivity index (χ0v) is 19.4. The Kier molecular flexibility index (Phi) is 7.99. The lowest BCUT2D eigenvalue weighted by Gasteiger charge is -2.31. The Labute approximate surface area is 198 Å². The molecule has 9 nitrogen and oxygen atoms in total. The molecule has 0 radical (unpaired) electrons. The zero-order chi connectivity index (χ0) is 24.8. The van der Waals surface area contributed by atoms with Gasteiger partial charge < -0.3 is 25.4 Å². The van der Waals surface area contributed by atoms with E-state index in [1.54, 1.807) is 6.20 Å². The highest BCUT2D eigenvalue weighted by Crippen LogP contribution is 2.24. The molecular formula is C25H30N4O5. The van der Waals surface area contributed by atoms with Crippen molar-refractivity contribution in [3.8, 4) is 0 Å². The standard InChI is InChI=1S/C25H30N4O5/c1-15(2)22(27-16(3)23-19-8-5-4-7-17(19)10-11-26-23)25(34)29-12-6-9-20(29)24(33)28-18(14-30)13-21(31)32/h4-5,7-8,10-11,14-15,18,20,22,27H,3,6,9,12-13H2,1-2H3,(H,28,33)(H,31,32)/t18-,20?,22-/m0/s1. The summed E-state index contributed by atoms with van der Waals surface area (Å²) in [7, 11) is 0. The molecule has 0 aliphatic carbocycles. The second-order valence-corrected chi connectivity index (χ2v) is 8.76. The molecule has 1 aliphatic rings. The molecule has 1 unspecified atom stereocenters. The lowest BCUT2D eigenvalue weighted by Crippen LogP contribution is -2.55. The van der Waals surface area contributed by atoms with Crippen molar-refractivity contribution >= 4 is 40.5 Å². The first-order chi connectivity index (χ1) is 16.2. The fourth-order valence-electron chi connectivity index (χ4n) is 4.21. The van der Waals surface area contributed by atoms with Crippen molar-refractivity contribution in [3.63, 3.8) is 0 Å². The second-order valence-electron chi connectivity index (χ2n) is 8.76. The molecule has 3 atom stereocenters. The molecule has 3 rings (SSSR count). The first kappa shape index (κ1) is 24.9. The van der Waals surface area contributed by atoms with Crippen molar-refractivity contribution in [1.29, 1.82) is 0 Å². The number of carbonyl (C=O) groups excluding carboxylic acids is 3. The van der Waals surface area contributed by atoms with Crippen LogP contribution >= 0.6 is 0 Å². The average molecular weight is 467 g/mol. The maximum absolute atomic E-state index is 13.5. The van der Waals surface area contributed by atoms with Crippen molar-refractivity contribution in [2.45, 2.75) is 51.2 Å². The number of likely N-dealkylation sites (tertiary alicyclic amines) is 1. The van der Waals surface area contributed by atoms with Crippen LogP contribution in [0.5, 0.6) is 0 Å². The van der Waals surface area contributed by atoms with Crippen LogP contribution in [0.4, 0.5) is 0 Å². The average Bonchev–Trinajstić information content (AvgIpc) is 3.30. The minimum Gasteiger partial charge on any atom is -0.481 e. The number of fused-ring (bicyclic) bond motifs is 1. The molecule has 1 aliphatic heterocycles. The summed E-state index contributed by atoms with van der Waals surface area (Å²) < 4.78 is 0. The Hall–Kier alpha value is -3.75. The number of carbonyl (C=O) groups is 4. The summed E-state index contributed by atoms with van der Waals surface area (Å²) in [6.45, 7) is 8.32. The molecule has 1 aromatic heterocycles. The molecule has 1 aromatic carbocycles. The van der Waals surface area contributed by atoms with Crippen molar-refractivity contribution in [2.75, 3.05) is 6.54 Å². The number of carboxylic acids is 1. The largest absolute Gasteiger partial charge is 0.481 e. The van der Waals surface area contributed by atoms with Gasteiger partial charge in [0, 0.05) is 18.1 Å². The van der Waals surface area contributed by atoms with Gasteiger partial charge in [-0.15, -0.1) is 0 Å². The summed E-state index contributed by atoms with van der Waals surface area (Å²) in [5, 5.41) is 16.5. The van der Waals surface area contributed by atoms with Gasteiger partial charge in [0.2, 0.25) is 11.8 Å². The highest BCUT2D eigenvalue weighted by molar-refractivity contribution is 5.94. The van der Waals surface area contributed by atoms with Crippen LogP contribution in [-0.2, 0) is 19.2 Å². The van der Waals surface area contributed by atoms with Gasteiger partial charge in [0.1, 0.15) is 18.4 Å². The fraction of sp³-hybridized carbons (Fsp3) is 0.400. The van der Waals surface area contributed by atoms with Crippen LogP contribution in [0.15, 0.2) is 43.1 Å². The van der Waals surface area contributed by atoms with E-state index in [9.17, 15) is 19.2 Å². The van der Waals surface area contributed by atoms with E-state index in [0.29, 0.717) is 37.1 Å². The SMILES string of the molecule is C=C(N[C@H](C(=O)N1CCCC1C(=O)N[C@H](C=O)CC(=O)O)C(C)C)c1nccc2ccccc12. The van der Waals surface area contributed by atoms with Crippen molar-refractivity contribution in [2.24, 2.45) is 5.92 Å². The molecule has 0 bridgehead atoms. The minimum absolute atomic E-state index is 0.113. The predicted molar refractivity (Wildman–Crippen MR) is 128 cm³/mol. The van der Waals surface area contributed by atoms with Crippen LogP contribution < -0.4 is 10.6 Å². The number of hydrogen-bond donors (Lipinski definition) is 3. The van der Waals surface area contributed by atoms with Crippen LogP contribution in [0.2, 0.25) is 0 Å². The number of aliphatic carboxylic acids is 1. The summed E-state index contributed by atoms with van der Waals surface area (Å²) in [5.74, 6) is -2.09. The minimum atomic E-state index is -1.19. The van der Waals surface area contributed by atoms with Crippen LogP contribution in [0.3, 0.4) is 0 Å². The summed E-state index contributed by atoms with van der Waals surface area (Å²) >= 11 is 0. The van der Waals surface area contributed by atoms with Crippen LogP contribution in [0.25, 0.3) is 16.5 Å². The topological polar surface area (TPSA) is 129 Å². The van der Waals surface area contributed by atoms with E-state index in [-0.39, 0.29) is 11.8 Å². The third-order valence-corrected chi connectivity index (χ3v) is 5.95. The molecule has 2 aromatic rings. The van der Waals surface area contributed by atoms with Crippen molar-refractivity contribution in [3.05, 3.63) is 48.8 Å². The van der Waals surface area contributed by atoms with E-state index in [1.165, 1.54) is 4.90 Å². The lowest BCUT2D eigenvalue weighted by molar-refractivity contribution is -0.142. The lowest BCUT2D eigenvalue weighted by atomic mass is 10.0. The molecule has 1 fully saturated rings. The molecule has 2 amide bonds. The predicted octanol–water partition coefficient (Wildman–Crippen LogP) is 1.97. The van der Waals surface area contributed by atoms with Gasteiger partial charge in [0.25, 0.3) is 0 Å². The number of benzene rings is 1. The number of carboxylic acid groups (broad SMARTS) is 1. The number of aromatic nitrogens is 1. The van der Waals surface area contributed by atoms with E-state index in [0.717, 1.165) is 10.8 Å². The van der Waals surface area contributed by atoms with E-state index >= 15 is 0 Å². The van der Waals surface area contributed by atoms with Gasteiger partial charge in [0.15, 0.2) is 0 Å². The third-order valence-electron chi connectivity index (χ3n) is 5.95. The molecule has 0 saturated carbocycles. The Balaban J connectivity index is 1.76. The van der Waals surface area contributed by atoms with E-state index in [4.69, 9.17) is 5.11 Å². The maximum Gasteiger partial charge on any atom is 0.305 e. The second kappa shape index (κ2) is 10.9. The molecule has 34 heavy (non-hydrogen) atoms. The first-order valence-corrected chi connectivity index (χ1v) is 11.3.